The highest BCUT2D eigenvalue weighted by Crippen LogP contribution is 2.34. The van der Waals surface area contributed by atoms with Crippen LogP contribution in [0.3, 0.4) is 0 Å². The monoisotopic (exact) mass is 407 g/mol. The second kappa shape index (κ2) is 6.97. The highest BCUT2D eigenvalue weighted by Gasteiger charge is 2.37. The molecule has 2 aliphatic heterocycles. The smallest absolute Gasteiger partial charge is 0.388 e. The minimum atomic E-state index is -0.533. The number of carbonyl (C=O) groups excluding carboxylic acids is 1. The van der Waals surface area contributed by atoms with Crippen molar-refractivity contribution in [3.05, 3.63) is 46.6 Å². The van der Waals surface area contributed by atoms with Crippen LogP contribution in [0.5, 0.6) is 0 Å². The summed E-state index contributed by atoms with van der Waals surface area (Å²) in [6.45, 7) is 1.40. The van der Waals surface area contributed by atoms with Crippen molar-refractivity contribution in [2.75, 3.05) is 35.3 Å². The number of carbonyl (C=O) groups is 1. The summed E-state index contributed by atoms with van der Waals surface area (Å²) in [5.41, 5.74) is 1.82. The summed E-state index contributed by atoms with van der Waals surface area (Å²) >= 11 is 0. The highest BCUT2D eigenvalue weighted by atomic mass is 16.4. The topological polar surface area (TPSA) is 109 Å². The number of fused-ring (bicyclic) bond motifs is 3. The van der Waals surface area contributed by atoms with E-state index in [0.29, 0.717) is 35.1 Å². The molecular weight excluding hydrogens is 386 g/mol. The van der Waals surface area contributed by atoms with Gasteiger partial charge >= 0.3 is 5.76 Å². The molecule has 10 heteroatoms. The average molecular weight is 407 g/mol. The van der Waals surface area contributed by atoms with Crippen molar-refractivity contribution >= 4 is 23.4 Å². The normalized spacial score (nSPS) is 18.2. The Hall–Kier alpha value is -3.69. The van der Waals surface area contributed by atoms with E-state index in [9.17, 15) is 9.59 Å². The van der Waals surface area contributed by atoms with Crippen LogP contribution in [0, 0.1) is 0 Å². The minimum Gasteiger partial charge on any atom is -0.388 e. The van der Waals surface area contributed by atoms with Crippen LogP contribution in [0.2, 0.25) is 0 Å². The number of hydrogen-bond donors (Lipinski definition) is 1. The Morgan fingerprint density at radius 2 is 2.13 bits per heavy atom. The molecule has 1 fully saturated rings. The van der Waals surface area contributed by atoms with Crippen molar-refractivity contribution in [3.8, 4) is 11.5 Å². The molecular formula is C20H21N7O3. The maximum absolute atomic E-state index is 13.5. The molecule has 3 aromatic rings. The number of hydrogen-bond acceptors (Lipinski definition) is 8. The molecule has 5 rings (SSSR count). The largest absolute Gasteiger partial charge is 0.437 e. The van der Waals surface area contributed by atoms with Crippen molar-refractivity contribution in [2.24, 2.45) is 7.05 Å². The van der Waals surface area contributed by atoms with Crippen LogP contribution >= 0.6 is 0 Å². The molecule has 2 aromatic heterocycles. The van der Waals surface area contributed by atoms with Gasteiger partial charge in [0.2, 0.25) is 11.8 Å². The van der Waals surface area contributed by atoms with E-state index >= 15 is 0 Å². The molecule has 30 heavy (non-hydrogen) atoms. The fourth-order valence-electron chi connectivity index (χ4n) is 4.10. The highest BCUT2D eigenvalue weighted by molar-refractivity contribution is 6.10. The fourth-order valence-corrected chi connectivity index (χ4v) is 4.10. The summed E-state index contributed by atoms with van der Waals surface area (Å²) in [5, 5.41) is 7.06. The SMILES string of the molecule is CNc1ncc2c(n1)N1CCC[C@H]1CN(c1cccc(-c3nn(C)c(=O)o3)c1)C2=O. The van der Waals surface area contributed by atoms with Gasteiger partial charge in [-0.1, -0.05) is 6.07 Å². The summed E-state index contributed by atoms with van der Waals surface area (Å²) in [4.78, 5) is 37.9. The first-order chi connectivity index (χ1) is 14.5. The van der Waals surface area contributed by atoms with Gasteiger partial charge in [0.1, 0.15) is 11.4 Å². The lowest BCUT2D eigenvalue weighted by Gasteiger charge is -2.27. The zero-order chi connectivity index (χ0) is 20.8. The molecule has 1 saturated heterocycles. The van der Waals surface area contributed by atoms with Gasteiger partial charge in [0, 0.05) is 50.7 Å². The predicted octanol–water partition coefficient (Wildman–Crippen LogP) is 1.50. The zero-order valence-corrected chi connectivity index (χ0v) is 16.7. The zero-order valence-electron chi connectivity index (χ0n) is 16.7. The second-order valence-electron chi connectivity index (χ2n) is 7.43. The molecule has 2 aliphatic rings. The second-order valence-corrected chi connectivity index (χ2v) is 7.43. The predicted molar refractivity (Wildman–Crippen MR) is 111 cm³/mol. The van der Waals surface area contributed by atoms with E-state index in [0.717, 1.165) is 24.1 Å². The van der Waals surface area contributed by atoms with E-state index in [1.807, 2.05) is 18.2 Å². The van der Waals surface area contributed by atoms with Crippen LogP contribution in [-0.2, 0) is 7.05 Å². The molecule has 0 unspecified atom stereocenters. The Morgan fingerprint density at radius 1 is 1.27 bits per heavy atom. The van der Waals surface area contributed by atoms with Gasteiger partial charge in [-0.25, -0.2) is 9.78 Å². The number of nitrogens with zero attached hydrogens (tertiary/aromatic N) is 6. The molecule has 1 N–H and O–H groups in total. The number of aryl methyl sites for hydroxylation is 1. The third-order valence-corrected chi connectivity index (χ3v) is 5.60. The molecule has 0 saturated carbocycles. The van der Waals surface area contributed by atoms with E-state index in [1.54, 1.807) is 24.2 Å². The number of rotatable bonds is 3. The minimum absolute atomic E-state index is 0.151. The lowest BCUT2D eigenvalue weighted by Crippen LogP contribution is -2.39. The van der Waals surface area contributed by atoms with Gasteiger partial charge in [0.05, 0.1) is 0 Å². The van der Waals surface area contributed by atoms with Gasteiger partial charge in [0.15, 0.2) is 0 Å². The van der Waals surface area contributed by atoms with Gasteiger partial charge in [-0.15, -0.1) is 5.10 Å². The maximum Gasteiger partial charge on any atom is 0.437 e. The Kier molecular flexibility index (Phi) is 4.27. The molecule has 1 amide bonds. The van der Waals surface area contributed by atoms with E-state index in [4.69, 9.17) is 4.42 Å². The van der Waals surface area contributed by atoms with Crippen molar-refractivity contribution < 1.29 is 9.21 Å². The maximum atomic E-state index is 13.5. The van der Waals surface area contributed by atoms with Crippen molar-refractivity contribution in [2.45, 2.75) is 18.9 Å². The Balaban J connectivity index is 1.58. The number of anilines is 3. The molecule has 0 aliphatic carbocycles. The summed E-state index contributed by atoms with van der Waals surface area (Å²) in [6.07, 6.45) is 3.62. The molecule has 0 bridgehead atoms. The molecule has 1 aromatic carbocycles. The Labute approximate surface area is 172 Å². The van der Waals surface area contributed by atoms with E-state index in [1.165, 1.54) is 7.05 Å². The van der Waals surface area contributed by atoms with E-state index < -0.39 is 5.76 Å². The van der Waals surface area contributed by atoms with Crippen molar-refractivity contribution in [1.82, 2.24) is 19.7 Å². The van der Waals surface area contributed by atoms with Gasteiger partial charge in [-0.3, -0.25) is 4.79 Å². The van der Waals surface area contributed by atoms with Crippen molar-refractivity contribution in [1.29, 1.82) is 0 Å². The number of nitrogens with one attached hydrogen (secondary N) is 1. The van der Waals surface area contributed by atoms with Gasteiger partial charge < -0.3 is 19.5 Å². The quantitative estimate of drug-likeness (QED) is 0.696. The van der Waals surface area contributed by atoms with E-state index in [-0.39, 0.29) is 17.8 Å². The van der Waals surface area contributed by atoms with Gasteiger partial charge in [0.25, 0.3) is 5.91 Å². The first kappa shape index (κ1) is 18.3. The Morgan fingerprint density at radius 3 is 2.90 bits per heavy atom. The van der Waals surface area contributed by atoms with Crippen LogP contribution < -0.4 is 20.9 Å². The molecule has 0 radical (unpaired) electrons. The summed E-state index contributed by atoms with van der Waals surface area (Å²) in [5.74, 6) is 0.705. The molecule has 10 nitrogen and oxygen atoms in total. The summed E-state index contributed by atoms with van der Waals surface area (Å²) in [6, 6.07) is 7.48. The van der Waals surface area contributed by atoms with Crippen LogP contribution in [0.15, 0.2) is 39.7 Å². The fraction of sp³-hybridized carbons (Fsp3) is 0.350. The molecule has 1 atom stereocenters. The van der Waals surface area contributed by atoms with Crippen molar-refractivity contribution in [3.63, 3.8) is 0 Å². The molecule has 4 heterocycles. The summed E-state index contributed by atoms with van der Waals surface area (Å²) < 4.78 is 6.34. The molecule has 0 spiro atoms. The van der Waals surface area contributed by atoms with E-state index in [2.05, 4.69) is 25.3 Å². The first-order valence-corrected chi connectivity index (χ1v) is 9.83. The summed E-state index contributed by atoms with van der Waals surface area (Å²) in [7, 11) is 3.29. The van der Waals surface area contributed by atoms with Crippen LogP contribution in [0.25, 0.3) is 11.5 Å². The third-order valence-electron chi connectivity index (χ3n) is 5.60. The molecule has 154 valence electrons. The van der Waals surface area contributed by atoms with Gasteiger partial charge in [-0.05, 0) is 31.0 Å². The standard InChI is InChI=1S/C20H21N7O3/c1-21-19-22-10-15-16(23-19)26-8-4-7-14(26)11-27(18(15)28)13-6-3-5-12(9-13)17-24-25(2)20(29)30-17/h3,5-6,9-10,14H,4,7-8,11H2,1-2H3,(H,21,22,23)/t14-/m0/s1. The average Bonchev–Trinajstić information content (AvgIpc) is 3.34. The van der Waals surface area contributed by atoms with Gasteiger partial charge in [-0.2, -0.15) is 9.67 Å². The lowest BCUT2D eigenvalue weighted by atomic mass is 10.1. The third kappa shape index (κ3) is 2.92. The number of aromatic nitrogens is 4. The number of amides is 1. The number of benzene rings is 1. The lowest BCUT2D eigenvalue weighted by molar-refractivity contribution is 0.0988. The van der Waals surface area contributed by atoms with Crippen LogP contribution in [0.1, 0.15) is 23.2 Å². The van der Waals surface area contributed by atoms with Crippen LogP contribution in [0.4, 0.5) is 17.5 Å². The Bertz CT molecular complexity index is 1190. The van der Waals surface area contributed by atoms with Crippen LogP contribution in [-0.4, -0.2) is 51.8 Å². The first-order valence-electron chi connectivity index (χ1n) is 9.83.